The summed E-state index contributed by atoms with van der Waals surface area (Å²) in [4.78, 5) is 15.5. The highest BCUT2D eigenvalue weighted by Crippen LogP contribution is 2.28. The molecule has 5 rings (SSSR count). The van der Waals surface area contributed by atoms with E-state index in [4.69, 9.17) is 4.74 Å². The molecular formula is C22H22F2N8O2S. The summed E-state index contributed by atoms with van der Waals surface area (Å²) in [6, 6.07) is 2.09. The van der Waals surface area contributed by atoms with E-state index in [1.807, 2.05) is 12.4 Å². The third-order valence-corrected chi connectivity index (χ3v) is 7.21. The van der Waals surface area contributed by atoms with Crippen LogP contribution in [-0.4, -0.2) is 59.1 Å². The quantitative estimate of drug-likeness (QED) is 0.487. The molecule has 1 unspecified atom stereocenters. The van der Waals surface area contributed by atoms with Crippen molar-refractivity contribution < 1.29 is 17.7 Å². The number of aromatic nitrogens is 6. The van der Waals surface area contributed by atoms with Gasteiger partial charge in [-0.25, -0.2) is 28.0 Å². The van der Waals surface area contributed by atoms with Crippen LogP contribution in [-0.2, 0) is 17.2 Å². The lowest BCUT2D eigenvalue weighted by molar-refractivity contribution is 0.346. The maximum atomic E-state index is 14.4. The number of halogens is 2. The molecule has 10 nitrogen and oxygen atoms in total. The van der Waals surface area contributed by atoms with Gasteiger partial charge in [-0.2, -0.15) is 4.68 Å². The normalized spacial score (nSPS) is 18.5. The van der Waals surface area contributed by atoms with Crippen molar-refractivity contribution in [3.8, 4) is 11.4 Å². The van der Waals surface area contributed by atoms with E-state index in [0.717, 1.165) is 61.1 Å². The molecule has 0 N–H and O–H groups in total. The molecule has 4 heterocycles. The molecule has 1 atom stereocenters. The lowest BCUT2D eigenvalue weighted by Crippen LogP contribution is -2.37. The van der Waals surface area contributed by atoms with Crippen molar-refractivity contribution in [2.24, 2.45) is 10.9 Å². The Bertz CT molecular complexity index is 1270. The third-order valence-electron chi connectivity index (χ3n) is 5.89. The molecule has 3 aromatic rings. The Hall–Kier alpha value is -3.61. The van der Waals surface area contributed by atoms with Crippen LogP contribution in [0.4, 0.5) is 14.7 Å². The van der Waals surface area contributed by atoms with E-state index in [1.54, 1.807) is 0 Å². The van der Waals surface area contributed by atoms with E-state index < -0.39 is 28.1 Å². The van der Waals surface area contributed by atoms with Gasteiger partial charge in [-0.15, -0.1) is 5.10 Å². The number of aliphatic imine (C=N–C) groups is 1. The molecule has 0 bridgehead atoms. The lowest BCUT2D eigenvalue weighted by atomic mass is 9.98. The van der Waals surface area contributed by atoms with Gasteiger partial charge in [0.25, 0.3) is 0 Å². The summed E-state index contributed by atoms with van der Waals surface area (Å²) in [6.07, 6.45) is 7.23. The fourth-order valence-electron chi connectivity index (χ4n) is 4.00. The SMILES string of the molecule is CCc1cnc(N2CCC(C3=NC(COc4cc(F)c(-n5cnnn5)c(F)c4)=CS3=O)CC2)nc1. The lowest BCUT2D eigenvalue weighted by Gasteiger charge is -2.31. The summed E-state index contributed by atoms with van der Waals surface area (Å²) in [5, 5.41) is 12.4. The second-order valence-corrected chi connectivity index (χ2v) is 9.39. The van der Waals surface area contributed by atoms with Crippen LogP contribution in [0.3, 0.4) is 0 Å². The van der Waals surface area contributed by atoms with Crippen LogP contribution in [0.25, 0.3) is 5.69 Å². The van der Waals surface area contributed by atoms with E-state index in [2.05, 4.69) is 42.3 Å². The maximum Gasteiger partial charge on any atom is 0.225 e. The van der Waals surface area contributed by atoms with E-state index in [1.165, 1.54) is 5.41 Å². The van der Waals surface area contributed by atoms with Gasteiger partial charge in [-0.1, -0.05) is 6.92 Å². The molecule has 0 aliphatic carbocycles. The molecule has 1 aromatic carbocycles. The molecule has 2 aliphatic rings. The molecule has 1 fully saturated rings. The fourth-order valence-corrected chi connectivity index (χ4v) is 5.26. The number of hydrogen-bond donors (Lipinski definition) is 0. The molecule has 0 amide bonds. The van der Waals surface area contributed by atoms with Crippen LogP contribution in [0.1, 0.15) is 25.3 Å². The first-order valence-electron chi connectivity index (χ1n) is 11.1. The van der Waals surface area contributed by atoms with Gasteiger partial charge in [0.15, 0.2) is 11.6 Å². The van der Waals surface area contributed by atoms with E-state index >= 15 is 0 Å². The van der Waals surface area contributed by atoms with Crippen LogP contribution in [0.5, 0.6) is 5.75 Å². The van der Waals surface area contributed by atoms with Crippen molar-refractivity contribution in [2.75, 3.05) is 24.6 Å². The Kier molecular flexibility index (Phi) is 6.57. The molecule has 1 saturated heterocycles. The zero-order valence-electron chi connectivity index (χ0n) is 18.8. The van der Waals surface area contributed by atoms with Crippen molar-refractivity contribution >= 4 is 21.8 Å². The van der Waals surface area contributed by atoms with Crippen molar-refractivity contribution in [2.45, 2.75) is 26.2 Å². The van der Waals surface area contributed by atoms with E-state index in [0.29, 0.717) is 16.7 Å². The molecule has 0 radical (unpaired) electrons. The molecule has 13 heteroatoms. The summed E-state index contributed by atoms with van der Waals surface area (Å²) in [6.45, 7) is 3.48. The van der Waals surface area contributed by atoms with E-state index in [9.17, 15) is 13.0 Å². The number of hydrogen-bond acceptors (Lipinski definition) is 9. The standard InChI is InChI=1S/C22H22F2N8O2S/c1-2-14-9-25-22(26-10-14)31-5-3-15(4-6-31)21-28-16(12-35(21)33)11-34-17-7-18(23)20(19(24)8-17)32-13-27-29-30-32/h7-10,12-13,15H,2-6,11H2,1H3. The zero-order valence-corrected chi connectivity index (χ0v) is 19.7. The topological polar surface area (TPSA) is 111 Å². The van der Waals surface area contributed by atoms with Gasteiger partial charge in [0.05, 0.1) is 16.5 Å². The Morgan fingerprint density at radius 1 is 1.14 bits per heavy atom. The average Bonchev–Trinajstić information content (AvgIpc) is 3.52. The zero-order chi connectivity index (χ0) is 24.4. The highest BCUT2D eigenvalue weighted by atomic mass is 32.2. The number of aryl methyl sites for hydroxylation is 1. The van der Waals surface area contributed by atoms with Crippen LogP contribution < -0.4 is 9.64 Å². The predicted octanol–water partition coefficient (Wildman–Crippen LogP) is 2.59. The van der Waals surface area contributed by atoms with Gasteiger partial charge in [-0.3, -0.25) is 0 Å². The van der Waals surface area contributed by atoms with Gasteiger partial charge in [-0.05, 0) is 35.3 Å². The number of ether oxygens (including phenoxy) is 1. The third kappa shape index (κ3) is 4.94. The van der Waals surface area contributed by atoms with Gasteiger partial charge in [0.2, 0.25) is 5.95 Å². The minimum absolute atomic E-state index is 0.0189. The first-order valence-corrected chi connectivity index (χ1v) is 12.3. The number of anilines is 1. The smallest absolute Gasteiger partial charge is 0.225 e. The molecule has 35 heavy (non-hydrogen) atoms. The van der Waals surface area contributed by atoms with Crippen LogP contribution >= 0.6 is 0 Å². The second kappa shape index (κ2) is 9.94. The second-order valence-electron chi connectivity index (χ2n) is 8.14. The highest BCUT2D eigenvalue weighted by molar-refractivity contribution is 8.03. The van der Waals surface area contributed by atoms with Crippen molar-refractivity contribution in [3.05, 3.63) is 59.2 Å². The van der Waals surface area contributed by atoms with Crippen LogP contribution in [0, 0.1) is 17.6 Å². The van der Waals surface area contributed by atoms with E-state index in [-0.39, 0.29) is 18.3 Å². The number of piperidine rings is 1. The fraction of sp³-hybridized carbons (Fsp3) is 0.364. The first-order chi connectivity index (χ1) is 17.0. The Balaban J connectivity index is 1.19. The van der Waals surface area contributed by atoms with Crippen molar-refractivity contribution in [1.82, 2.24) is 30.2 Å². The number of benzene rings is 1. The van der Waals surface area contributed by atoms with Crippen molar-refractivity contribution in [3.63, 3.8) is 0 Å². The van der Waals surface area contributed by atoms with Gasteiger partial charge in [0, 0.05) is 48.9 Å². The predicted molar refractivity (Wildman–Crippen MR) is 125 cm³/mol. The minimum atomic E-state index is -1.35. The summed E-state index contributed by atoms with van der Waals surface area (Å²) < 4.78 is 47.9. The molecular weight excluding hydrogens is 478 g/mol. The number of tetrazole rings is 1. The monoisotopic (exact) mass is 500 g/mol. The summed E-state index contributed by atoms with van der Waals surface area (Å²) in [5.41, 5.74) is 1.15. The summed E-state index contributed by atoms with van der Waals surface area (Å²) >= 11 is 0. The summed E-state index contributed by atoms with van der Waals surface area (Å²) in [7, 11) is -1.35. The molecule has 2 aliphatic heterocycles. The minimum Gasteiger partial charge on any atom is -0.487 e. The molecule has 0 saturated carbocycles. The Morgan fingerprint density at radius 3 is 2.49 bits per heavy atom. The maximum absolute atomic E-state index is 14.4. The Morgan fingerprint density at radius 2 is 1.86 bits per heavy atom. The number of rotatable bonds is 7. The van der Waals surface area contributed by atoms with Gasteiger partial charge >= 0.3 is 0 Å². The Labute approximate surface area is 202 Å². The molecule has 182 valence electrons. The number of nitrogens with zero attached hydrogens (tertiary/aromatic N) is 8. The largest absolute Gasteiger partial charge is 0.487 e. The molecule has 0 spiro atoms. The molecule has 2 aromatic heterocycles. The van der Waals surface area contributed by atoms with Crippen LogP contribution in [0.15, 0.2) is 47.0 Å². The first kappa shape index (κ1) is 23.1. The van der Waals surface area contributed by atoms with Gasteiger partial charge < -0.3 is 9.64 Å². The highest BCUT2D eigenvalue weighted by Gasteiger charge is 2.30. The van der Waals surface area contributed by atoms with Crippen LogP contribution in [0.2, 0.25) is 0 Å². The average molecular weight is 501 g/mol. The van der Waals surface area contributed by atoms with Gasteiger partial charge in [0.1, 0.15) is 29.4 Å². The summed E-state index contributed by atoms with van der Waals surface area (Å²) in [5.74, 6) is -0.996. The van der Waals surface area contributed by atoms with Crippen molar-refractivity contribution in [1.29, 1.82) is 0 Å².